The van der Waals surface area contributed by atoms with Crippen LogP contribution in [0, 0.1) is 6.08 Å². The minimum absolute atomic E-state index is 0. The molecule has 0 aromatic carbocycles. The summed E-state index contributed by atoms with van der Waals surface area (Å²) in [5.74, 6) is 0. The molecule has 0 bridgehead atoms. The average Bonchev–Trinajstić information content (AvgIpc) is 2.10. The molecule has 0 aromatic rings. The maximum Gasteiger partial charge on any atom is 1.00 e. The second-order valence-corrected chi connectivity index (χ2v) is 2.02. The van der Waals surface area contributed by atoms with Crippen LogP contribution >= 0.6 is 0 Å². The van der Waals surface area contributed by atoms with Crippen molar-refractivity contribution < 1.29 is 58.2 Å². The Morgan fingerprint density at radius 3 is 2.36 bits per heavy atom. The van der Waals surface area contributed by atoms with E-state index in [4.69, 9.17) is 0 Å². The molecule has 0 heterocycles. The molecule has 0 atom stereocenters. The van der Waals surface area contributed by atoms with Gasteiger partial charge in [-0.3, -0.25) is 6.08 Å². The van der Waals surface area contributed by atoms with E-state index in [9.17, 15) is 0 Å². The third-order valence-electron chi connectivity index (χ3n) is 1.39. The summed E-state index contributed by atoms with van der Waals surface area (Å²) in [7, 11) is 0. The minimum atomic E-state index is 0. The van der Waals surface area contributed by atoms with E-state index in [1.807, 2.05) is 13.8 Å². The van der Waals surface area contributed by atoms with E-state index in [1.54, 1.807) is 0 Å². The van der Waals surface area contributed by atoms with Gasteiger partial charge in [-0.15, -0.1) is 6.42 Å². The Labute approximate surface area is 120 Å². The van der Waals surface area contributed by atoms with Crippen LogP contribution in [0.5, 0.6) is 0 Å². The third kappa shape index (κ3) is 7.64. The van der Waals surface area contributed by atoms with Crippen LogP contribution in [0.1, 0.15) is 40.0 Å². The normalized spacial score (nSPS) is 13.9. The maximum atomic E-state index is 3.19. The minimum Gasteiger partial charge on any atom is -0.275 e. The molecule has 0 radical (unpaired) electrons. The first-order valence-corrected chi connectivity index (χ1v) is 4.19. The maximum absolute atomic E-state index is 3.19. The van der Waals surface area contributed by atoms with Gasteiger partial charge in [0.15, 0.2) is 0 Å². The Kier molecular flexibility index (Phi) is 15.2. The van der Waals surface area contributed by atoms with Crippen molar-refractivity contribution in [3.8, 4) is 0 Å². The summed E-state index contributed by atoms with van der Waals surface area (Å²) >= 11 is 0. The van der Waals surface area contributed by atoms with Crippen molar-refractivity contribution >= 4 is 0 Å². The molecule has 0 N–H and O–H groups in total. The van der Waals surface area contributed by atoms with Gasteiger partial charge in [-0.05, 0) is 0 Å². The van der Waals surface area contributed by atoms with Crippen LogP contribution in [0.2, 0.25) is 0 Å². The molecule has 1 aliphatic carbocycles. The second kappa shape index (κ2) is 11.3. The van der Waals surface area contributed by atoms with E-state index in [-0.39, 0.29) is 58.2 Å². The van der Waals surface area contributed by atoms with Gasteiger partial charge in [0.2, 0.25) is 0 Å². The molecule has 0 nitrogen and oxygen atoms in total. The predicted molar refractivity (Wildman–Crippen MR) is 46.8 cm³/mol. The number of hydrogen-bond acceptors (Lipinski definition) is 0. The Bertz CT molecular complexity index is 123. The average molecular weight is 223 g/mol. The first-order chi connectivity index (χ1) is 4.93. The van der Waals surface area contributed by atoms with Crippen LogP contribution in [0.15, 0.2) is 17.7 Å². The molecule has 1 aliphatic rings. The summed E-state index contributed by atoms with van der Waals surface area (Å²) in [5, 5.41) is 0. The summed E-state index contributed by atoms with van der Waals surface area (Å²) < 4.78 is 0. The van der Waals surface area contributed by atoms with Gasteiger partial charge in [0, 0.05) is 0 Å². The van der Waals surface area contributed by atoms with Gasteiger partial charge in [-0.1, -0.05) is 33.6 Å². The van der Waals surface area contributed by atoms with Gasteiger partial charge in [-0.25, -0.2) is 11.6 Å². The molecule has 0 aliphatic heterocycles. The number of allylic oxidation sites excluding steroid dienone is 4. The molecular weight excluding hydrogens is 206 g/mol. The molecule has 0 saturated carbocycles. The molecule has 1 heteroatoms. The van der Waals surface area contributed by atoms with E-state index in [1.165, 1.54) is 12.0 Å². The summed E-state index contributed by atoms with van der Waals surface area (Å²) in [6.07, 6.45) is 11.0. The summed E-state index contributed by atoms with van der Waals surface area (Å²) in [6, 6.07) is 0. The molecular formula is C10H17Rb. The van der Waals surface area contributed by atoms with Crippen molar-refractivity contribution in [2.24, 2.45) is 0 Å². The van der Waals surface area contributed by atoms with Gasteiger partial charge >= 0.3 is 58.2 Å². The van der Waals surface area contributed by atoms with Crippen LogP contribution < -0.4 is 58.2 Å². The summed E-state index contributed by atoms with van der Waals surface area (Å²) in [6.45, 7) is 6.18. The van der Waals surface area contributed by atoms with Crippen LogP contribution in [0.4, 0.5) is 0 Å². The van der Waals surface area contributed by atoms with Crippen LogP contribution in [0.3, 0.4) is 0 Å². The van der Waals surface area contributed by atoms with Gasteiger partial charge in [0.25, 0.3) is 0 Å². The van der Waals surface area contributed by atoms with Crippen molar-refractivity contribution in [2.75, 3.05) is 0 Å². The first kappa shape index (κ1) is 14.8. The molecule has 0 aromatic heterocycles. The number of rotatable bonds is 1. The topological polar surface area (TPSA) is 0 Å². The van der Waals surface area contributed by atoms with Crippen molar-refractivity contribution in [3.63, 3.8) is 0 Å². The Hall–Kier alpha value is 1.29. The van der Waals surface area contributed by atoms with Gasteiger partial charge in [-0.2, -0.15) is 6.08 Å². The van der Waals surface area contributed by atoms with E-state index >= 15 is 0 Å². The van der Waals surface area contributed by atoms with Gasteiger partial charge < -0.3 is 0 Å². The molecule has 0 unspecified atom stereocenters. The van der Waals surface area contributed by atoms with E-state index in [0.29, 0.717) is 0 Å². The van der Waals surface area contributed by atoms with Crippen molar-refractivity contribution in [2.45, 2.75) is 40.0 Å². The monoisotopic (exact) mass is 222 g/mol. The zero-order chi connectivity index (χ0) is 7.82. The van der Waals surface area contributed by atoms with Crippen LogP contribution in [-0.2, 0) is 0 Å². The molecule has 1 rings (SSSR count). The van der Waals surface area contributed by atoms with E-state index in [2.05, 4.69) is 25.2 Å². The Morgan fingerprint density at radius 2 is 2.09 bits per heavy atom. The van der Waals surface area contributed by atoms with Gasteiger partial charge in [0.05, 0.1) is 0 Å². The fourth-order valence-electron chi connectivity index (χ4n) is 0.849. The second-order valence-electron chi connectivity index (χ2n) is 2.02. The largest absolute Gasteiger partial charge is 1.00 e. The SMILES string of the molecule is CC.CCC1=CCC[C-]=C1.[Rb+]. The molecule has 0 spiro atoms. The summed E-state index contributed by atoms with van der Waals surface area (Å²) in [4.78, 5) is 0. The zero-order valence-electron chi connectivity index (χ0n) is 8.28. The van der Waals surface area contributed by atoms with Crippen molar-refractivity contribution in [3.05, 3.63) is 23.8 Å². The zero-order valence-corrected chi connectivity index (χ0v) is 13.2. The molecule has 0 amide bonds. The smallest absolute Gasteiger partial charge is 0.275 e. The van der Waals surface area contributed by atoms with E-state index in [0.717, 1.165) is 12.8 Å². The van der Waals surface area contributed by atoms with Crippen LogP contribution in [0.25, 0.3) is 0 Å². The Morgan fingerprint density at radius 1 is 1.45 bits per heavy atom. The Balaban J connectivity index is 0. The third-order valence-corrected chi connectivity index (χ3v) is 1.39. The standard InChI is InChI=1S/C8H11.C2H6.Rb/c1-2-8-6-4-3-5-7-8;1-2;/h6-7H,2-4H2,1H3;1-2H3;/q-1;;+1. The molecule has 0 fully saturated rings. The van der Waals surface area contributed by atoms with Crippen LogP contribution in [-0.4, -0.2) is 0 Å². The van der Waals surface area contributed by atoms with Crippen molar-refractivity contribution in [1.82, 2.24) is 0 Å². The molecule has 0 saturated heterocycles. The predicted octanol–water partition coefficient (Wildman–Crippen LogP) is 0.506. The van der Waals surface area contributed by atoms with E-state index < -0.39 is 0 Å². The van der Waals surface area contributed by atoms with Crippen molar-refractivity contribution in [1.29, 1.82) is 0 Å². The first-order valence-electron chi connectivity index (χ1n) is 4.19. The fourth-order valence-corrected chi connectivity index (χ4v) is 0.849. The molecule has 11 heavy (non-hydrogen) atoms. The number of hydrogen-bond donors (Lipinski definition) is 0. The summed E-state index contributed by atoms with van der Waals surface area (Å²) in [5.41, 5.74) is 1.44. The quantitative estimate of drug-likeness (QED) is 0.567. The molecule has 58 valence electrons. The fraction of sp³-hybridized carbons (Fsp3) is 0.600. The van der Waals surface area contributed by atoms with Gasteiger partial charge in [0.1, 0.15) is 0 Å².